The van der Waals surface area contributed by atoms with Gasteiger partial charge in [-0.1, -0.05) is 59.6 Å². The van der Waals surface area contributed by atoms with Crippen molar-refractivity contribution in [3.05, 3.63) is 69.7 Å². The normalized spacial score (nSPS) is 10.8. The number of rotatable bonds is 2. The van der Waals surface area contributed by atoms with Crippen LogP contribution in [0, 0.1) is 0 Å². The van der Waals surface area contributed by atoms with Crippen LogP contribution in [0.5, 0.6) is 0 Å². The van der Waals surface area contributed by atoms with E-state index in [1.807, 2.05) is 24.3 Å². The van der Waals surface area contributed by atoms with Gasteiger partial charge in [0.25, 0.3) is 0 Å². The van der Waals surface area contributed by atoms with Gasteiger partial charge in [0, 0.05) is 21.2 Å². The van der Waals surface area contributed by atoms with Crippen LogP contribution in [-0.2, 0) is 0 Å². The van der Waals surface area contributed by atoms with E-state index in [0.717, 1.165) is 0 Å². The Kier molecular flexibility index (Phi) is 3.49. The van der Waals surface area contributed by atoms with Crippen molar-refractivity contribution in [2.45, 2.75) is 6.10 Å². The summed E-state index contributed by atoms with van der Waals surface area (Å²) < 4.78 is 0. The molecule has 0 unspecified atom stereocenters. The number of hydrogen-bond acceptors (Lipinski definition) is 1. The van der Waals surface area contributed by atoms with Crippen LogP contribution < -0.4 is 0 Å². The summed E-state index contributed by atoms with van der Waals surface area (Å²) in [6.45, 7) is 0. The second kappa shape index (κ2) is 4.88. The van der Waals surface area contributed by atoms with Gasteiger partial charge in [0.05, 0.1) is 0 Å². The first kappa shape index (κ1) is 11.5. The Bertz CT molecular complexity index is 451. The van der Waals surface area contributed by atoms with Gasteiger partial charge in [-0.2, -0.15) is 0 Å². The maximum Gasteiger partial charge on any atom is 0.107 e. The van der Waals surface area contributed by atoms with E-state index in [0.29, 0.717) is 21.2 Å². The second-order valence-electron chi connectivity index (χ2n) is 3.45. The third-order valence-corrected chi connectivity index (χ3v) is 3.09. The molecular weight excluding hydrogens is 243 g/mol. The van der Waals surface area contributed by atoms with Crippen molar-refractivity contribution < 1.29 is 5.11 Å². The highest BCUT2D eigenvalue weighted by atomic mass is 35.5. The Hall–Kier alpha value is -1.02. The van der Waals surface area contributed by atoms with Crippen LogP contribution in [0.4, 0.5) is 0 Å². The Balaban J connectivity index is 2.44. The molecule has 0 heterocycles. The lowest BCUT2D eigenvalue weighted by Crippen LogP contribution is -2.00. The molecule has 0 aliphatic carbocycles. The highest BCUT2D eigenvalue weighted by molar-refractivity contribution is 6.32. The molecule has 0 saturated heterocycles. The third kappa shape index (κ3) is 2.22. The first-order chi connectivity index (χ1) is 7.70. The summed E-state index contributed by atoms with van der Waals surface area (Å²) in [6.07, 6.45) is -0.789. The van der Waals surface area contributed by atoms with Crippen molar-refractivity contribution in [2.24, 2.45) is 0 Å². The van der Waals surface area contributed by atoms with Crippen LogP contribution in [-0.4, -0.2) is 5.11 Å². The monoisotopic (exact) mass is 252 g/mol. The summed E-state index contributed by atoms with van der Waals surface area (Å²) >= 11 is 12.0. The van der Waals surface area contributed by atoms with E-state index in [2.05, 4.69) is 0 Å². The van der Waals surface area contributed by atoms with Gasteiger partial charge >= 0.3 is 0 Å². The molecule has 0 radical (unpaired) electrons. The van der Waals surface area contributed by atoms with Crippen LogP contribution in [0.1, 0.15) is 17.2 Å². The van der Waals surface area contributed by atoms with Gasteiger partial charge in [0.15, 0.2) is 0 Å². The van der Waals surface area contributed by atoms with Crippen LogP contribution in [0.3, 0.4) is 0 Å². The Morgan fingerprint density at radius 2 is 1.12 bits per heavy atom. The van der Waals surface area contributed by atoms with Crippen molar-refractivity contribution >= 4 is 23.2 Å². The van der Waals surface area contributed by atoms with E-state index >= 15 is 0 Å². The van der Waals surface area contributed by atoms with Crippen LogP contribution >= 0.6 is 23.2 Å². The average Bonchev–Trinajstić information content (AvgIpc) is 2.29. The predicted molar refractivity (Wildman–Crippen MR) is 67.0 cm³/mol. The molecule has 0 saturated carbocycles. The van der Waals surface area contributed by atoms with Crippen molar-refractivity contribution in [3.63, 3.8) is 0 Å². The highest BCUT2D eigenvalue weighted by Gasteiger charge is 2.15. The largest absolute Gasteiger partial charge is 0.384 e. The van der Waals surface area contributed by atoms with Gasteiger partial charge in [-0.05, 0) is 12.1 Å². The van der Waals surface area contributed by atoms with E-state index in [1.54, 1.807) is 24.3 Å². The summed E-state index contributed by atoms with van der Waals surface area (Å²) in [6, 6.07) is 14.4. The first-order valence-electron chi connectivity index (χ1n) is 4.87. The SMILES string of the molecule is OC(c1ccccc1Cl)c1ccccc1Cl. The standard InChI is InChI=1S/C13H10Cl2O/c14-11-7-3-1-5-9(11)13(16)10-6-2-4-8-12(10)15/h1-8,13,16H. The van der Waals surface area contributed by atoms with Crippen molar-refractivity contribution in [3.8, 4) is 0 Å². The average molecular weight is 253 g/mol. The van der Waals surface area contributed by atoms with Gasteiger partial charge in [0.1, 0.15) is 6.10 Å². The van der Waals surface area contributed by atoms with E-state index in [9.17, 15) is 5.11 Å². The maximum atomic E-state index is 10.2. The quantitative estimate of drug-likeness (QED) is 0.855. The van der Waals surface area contributed by atoms with E-state index in [1.165, 1.54) is 0 Å². The number of halogens is 2. The minimum Gasteiger partial charge on any atom is -0.384 e. The minimum atomic E-state index is -0.789. The molecule has 0 amide bonds. The molecule has 0 aliphatic rings. The zero-order valence-electron chi connectivity index (χ0n) is 8.40. The summed E-state index contributed by atoms with van der Waals surface area (Å²) in [7, 11) is 0. The molecule has 0 bridgehead atoms. The minimum absolute atomic E-state index is 0.537. The van der Waals surface area contributed by atoms with E-state index < -0.39 is 6.10 Å². The van der Waals surface area contributed by atoms with E-state index in [-0.39, 0.29) is 0 Å². The fourth-order valence-electron chi connectivity index (χ4n) is 1.56. The van der Waals surface area contributed by atoms with Crippen LogP contribution in [0.15, 0.2) is 48.5 Å². The molecule has 16 heavy (non-hydrogen) atoms. The lowest BCUT2D eigenvalue weighted by molar-refractivity contribution is 0.220. The van der Waals surface area contributed by atoms with Gasteiger partial charge in [-0.25, -0.2) is 0 Å². The highest BCUT2D eigenvalue weighted by Crippen LogP contribution is 2.31. The van der Waals surface area contributed by atoms with Crippen molar-refractivity contribution in [2.75, 3.05) is 0 Å². The third-order valence-electron chi connectivity index (χ3n) is 2.40. The molecule has 1 nitrogen and oxygen atoms in total. The molecule has 0 atom stereocenters. The van der Waals surface area contributed by atoms with Gasteiger partial charge < -0.3 is 5.11 Å². The fourth-order valence-corrected chi connectivity index (χ4v) is 2.04. The van der Waals surface area contributed by atoms with Crippen LogP contribution in [0.25, 0.3) is 0 Å². The number of hydrogen-bond donors (Lipinski definition) is 1. The number of aliphatic hydroxyl groups excluding tert-OH is 1. The predicted octanol–water partition coefficient (Wildman–Crippen LogP) is 4.08. The fraction of sp³-hybridized carbons (Fsp3) is 0.0769. The zero-order valence-corrected chi connectivity index (χ0v) is 9.91. The number of aliphatic hydroxyl groups is 1. The maximum absolute atomic E-state index is 10.2. The summed E-state index contributed by atoms with van der Waals surface area (Å²) in [4.78, 5) is 0. The topological polar surface area (TPSA) is 20.2 Å². The van der Waals surface area contributed by atoms with E-state index in [4.69, 9.17) is 23.2 Å². The molecule has 1 N–H and O–H groups in total. The lowest BCUT2D eigenvalue weighted by Gasteiger charge is -2.14. The molecule has 2 aromatic rings. The van der Waals surface area contributed by atoms with Gasteiger partial charge in [-0.3, -0.25) is 0 Å². The molecule has 82 valence electrons. The molecule has 0 fully saturated rings. The Labute approximate surface area is 104 Å². The molecule has 2 aromatic carbocycles. The van der Waals surface area contributed by atoms with Gasteiger partial charge in [0.2, 0.25) is 0 Å². The van der Waals surface area contributed by atoms with Crippen LogP contribution in [0.2, 0.25) is 10.0 Å². The Morgan fingerprint density at radius 1 is 0.750 bits per heavy atom. The second-order valence-corrected chi connectivity index (χ2v) is 4.26. The van der Waals surface area contributed by atoms with Crippen molar-refractivity contribution in [1.29, 1.82) is 0 Å². The summed E-state index contributed by atoms with van der Waals surface area (Å²) in [5.41, 5.74) is 1.33. The first-order valence-corrected chi connectivity index (χ1v) is 5.62. The van der Waals surface area contributed by atoms with Gasteiger partial charge in [-0.15, -0.1) is 0 Å². The van der Waals surface area contributed by atoms with Crippen molar-refractivity contribution in [1.82, 2.24) is 0 Å². The Morgan fingerprint density at radius 3 is 1.50 bits per heavy atom. The smallest absolute Gasteiger partial charge is 0.107 e. The molecular formula is C13H10Cl2O. The lowest BCUT2D eigenvalue weighted by atomic mass is 10.0. The molecule has 0 spiro atoms. The summed E-state index contributed by atoms with van der Waals surface area (Å²) in [5.74, 6) is 0. The molecule has 0 aliphatic heterocycles. The summed E-state index contributed by atoms with van der Waals surface area (Å²) in [5, 5.41) is 11.3. The number of benzene rings is 2. The molecule has 3 heteroatoms. The zero-order chi connectivity index (χ0) is 11.5. The molecule has 2 rings (SSSR count). The molecule has 0 aromatic heterocycles.